The summed E-state index contributed by atoms with van der Waals surface area (Å²) in [7, 11) is 0. The number of carbonyl (C=O) groups excluding carboxylic acids is 3. The van der Waals surface area contributed by atoms with Crippen LogP contribution in [0.3, 0.4) is 0 Å². The molecule has 0 aromatic heterocycles. The van der Waals surface area contributed by atoms with Gasteiger partial charge in [0, 0.05) is 10.6 Å². The topological polar surface area (TPSA) is 106 Å². The predicted molar refractivity (Wildman–Crippen MR) is 133 cm³/mol. The van der Waals surface area contributed by atoms with E-state index < -0.39 is 17.8 Å². The highest BCUT2D eigenvalue weighted by atomic mass is 35.5. The Bertz CT molecular complexity index is 1180. The first-order valence-electron chi connectivity index (χ1n) is 10.9. The van der Waals surface area contributed by atoms with Crippen molar-refractivity contribution in [3.8, 4) is 11.5 Å². The second-order valence-corrected chi connectivity index (χ2v) is 7.75. The van der Waals surface area contributed by atoms with Crippen LogP contribution in [0.5, 0.6) is 11.5 Å². The van der Waals surface area contributed by atoms with Crippen molar-refractivity contribution in [1.82, 2.24) is 10.7 Å². The summed E-state index contributed by atoms with van der Waals surface area (Å²) in [6.45, 7) is 2.40. The fourth-order valence-electron chi connectivity index (χ4n) is 2.78. The SMILES string of the molecule is CCCOc1ccc(C(=O)Oc2ccc(C=NNC(=O)CNC(=O)c3ccc(Cl)cc3)cc2)cc1. The van der Waals surface area contributed by atoms with Crippen molar-refractivity contribution in [2.45, 2.75) is 13.3 Å². The van der Waals surface area contributed by atoms with Crippen molar-refractivity contribution in [2.24, 2.45) is 5.10 Å². The largest absolute Gasteiger partial charge is 0.494 e. The third-order valence-electron chi connectivity index (χ3n) is 4.57. The van der Waals surface area contributed by atoms with E-state index in [1.165, 1.54) is 6.21 Å². The molecule has 0 unspecified atom stereocenters. The van der Waals surface area contributed by atoms with E-state index in [0.29, 0.717) is 39.8 Å². The summed E-state index contributed by atoms with van der Waals surface area (Å²) in [6, 6.07) is 19.7. The van der Waals surface area contributed by atoms with Gasteiger partial charge in [0.15, 0.2) is 0 Å². The van der Waals surface area contributed by atoms with Gasteiger partial charge in [-0.15, -0.1) is 0 Å². The number of benzene rings is 3. The second kappa shape index (κ2) is 12.9. The Kier molecular flexibility index (Phi) is 9.39. The minimum Gasteiger partial charge on any atom is -0.494 e. The summed E-state index contributed by atoms with van der Waals surface area (Å²) >= 11 is 5.79. The normalized spacial score (nSPS) is 10.6. The molecule has 8 nitrogen and oxygen atoms in total. The molecule has 0 saturated carbocycles. The van der Waals surface area contributed by atoms with Crippen LogP contribution in [0, 0.1) is 0 Å². The molecule has 3 aromatic carbocycles. The molecule has 3 rings (SSSR count). The number of nitrogens with zero attached hydrogens (tertiary/aromatic N) is 1. The highest BCUT2D eigenvalue weighted by Gasteiger charge is 2.09. The molecule has 0 fully saturated rings. The molecule has 9 heteroatoms. The van der Waals surface area contributed by atoms with Gasteiger partial charge in [-0.05, 0) is 84.8 Å². The standard InChI is InChI=1S/C26H24ClN3O5/c1-2-15-34-22-13-7-20(8-14-22)26(33)35-23-11-3-18(4-12-23)16-29-30-24(31)17-28-25(32)19-5-9-21(27)10-6-19/h3-14,16H,2,15,17H2,1H3,(H,28,32)(H,30,31). The maximum Gasteiger partial charge on any atom is 0.343 e. The van der Waals surface area contributed by atoms with E-state index in [4.69, 9.17) is 21.1 Å². The van der Waals surface area contributed by atoms with Crippen LogP contribution in [0.1, 0.15) is 39.6 Å². The molecule has 0 aliphatic heterocycles. The number of esters is 1. The Morgan fingerprint density at radius 2 is 1.51 bits per heavy atom. The summed E-state index contributed by atoms with van der Waals surface area (Å²) in [5.41, 5.74) is 3.81. The molecule has 0 bridgehead atoms. The third-order valence-corrected chi connectivity index (χ3v) is 4.82. The maximum absolute atomic E-state index is 12.3. The zero-order valence-corrected chi connectivity index (χ0v) is 19.7. The quantitative estimate of drug-likeness (QED) is 0.190. The van der Waals surface area contributed by atoms with Crippen LogP contribution in [-0.4, -0.2) is 37.1 Å². The Morgan fingerprint density at radius 3 is 2.17 bits per heavy atom. The summed E-state index contributed by atoms with van der Waals surface area (Å²) < 4.78 is 10.9. The molecule has 0 radical (unpaired) electrons. The number of rotatable bonds is 10. The minimum atomic E-state index is -0.486. The van der Waals surface area contributed by atoms with Crippen LogP contribution in [0.2, 0.25) is 5.02 Å². The molecule has 0 heterocycles. The molecule has 0 atom stereocenters. The second-order valence-electron chi connectivity index (χ2n) is 7.31. The lowest BCUT2D eigenvalue weighted by atomic mass is 10.2. The number of carbonyl (C=O) groups is 3. The number of ether oxygens (including phenoxy) is 2. The van der Waals surface area contributed by atoms with Crippen molar-refractivity contribution < 1.29 is 23.9 Å². The third kappa shape index (κ3) is 8.28. The summed E-state index contributed by atoms with van der Waals surface area (Å²) in [4.78, 5) is 36.2. The molecule has 2 amide bonds. The van der Waals surface area contributed by atoms with E-state index in [1.54, 1.807) is 72.8 Å². The van der Waals surface area contributed by atoms with E-state index in [1.807, 2.05) is 6.92 Å². The van der Waals surface area contributed by atoms with Crippen LogP contribution in [-0.2, 0) is 4.79 Å². The molecular weight excluding hydrogens is 470 g/mol. The average Bonchev–Trinajstić information content (AvgIpc) is 2.87. The molecule has 0 aliphatic carbocycles. The van der Waals surface area contributed by atoms with Crippen molar-refractivity contribution in [3.05, 3.63) is 94.5 Å². The fraction of sp³-hybridized carbons (Fsp3) is 0.154. The van der Waals surface area contributed by atoms with Crippen LogP contribution in [0.4, 0.5) is 0 Å². The van der Waals surface area contributed by atoms with Gasteiger partial charge in [0.25, 0.3) is 11.8 Å². The van der Waals surface area contributed by atoms with E-state index in [0.717, 1.165) is 6.42 Å². The first-order valence-corrected chi connectivity index (χ1v) is 11.2. The fourth-order valence-corrected chi connectivity index (χ4v) is 2.90. The highest BCUT2D eigenvalue weighted by Crippen LogP contribution is 2.16. The molecule has 3 aromatic rings. The lowest BCUT2D eigenvalue weighted by molar-refractivity contribution is -0.120. The highest BCUT2D eigenvalue weighted by molar-refractivity contribution is 6.30. The van der Waals surface area contributed by atoms with Gasteiger partial charge in [0.2, 0.25) is 0 Å². The van der Waals surface area contributed by atoms with Gasteiger partial charge in [-0.1, -0.05) is 18.5 Å². The van der Waals surface area contributed by atoms with E-state index in [9.17, 15) is 14.4 Å². The van der Waals surface area contributed by atoms with Gasteiger partial charge in [-0.25, -0.2) is 10.2 Å². The molecular formula is C26H24ClN3O5. The van der Waals surface area contributed by atoms with Gasteiger partial charge >= 0.3 is 5.97 Å². The van der Waals surface area contributed by atoms with Crippen LogP contribution in [0.15, 0.2) is 77.9 Å². The van der Waals surface area contributed by atoms with Gasteiger partial charge in [0.1, 0.15) is 11.5 Å². The lowest BCUT2D eigenvalue weighted by Crippen LogP contribution is -2.34. The van der Waals surface area contributed by atoms with Crippen molar-refractivity contribution in [3.63, 3.8) is 0 Å². The van der Waals surface area contributed by atoms with Crippen molar-refractivity contribution >= 4 is 35.6 Å². The smallest absolute Gasteiger partial charge is 0.343 e. The number of hydrazone groups is 1. The number of hydrogen-bond acceptors (Lipinski definition) is 6. The van der Waals surface area contributed by atoms with E-state index >= 15 is 0 Å². The van der Waals surface area contributed by atoms with Crippen molar-refractivity contribution in [2.75, 3.05) is 13.2 Å². The Balaban J connectivity index is 1.43. The summed E-state index contributed by atoms with van der Waals surface area (Å²) in [6.07, 6.45) is 2.33. The van der Waals surface area contributed by atoms with Crippen LogP contribution >= 0.6 is 11.6 Å². The lowest BCUT2D eigenvalue weighted by Gasteiger charge is -2.07. The molecule has 180 valence electrons. The average molecular weight is 494 g/mol. The zero-order chi connectivity index (χ0) is 25.0. The summed E-state index contributed by atoms with van der Waals surface area (Å²) in [5, 5.41) is 6.87. The first-order chi connectivity index (χ1) is 16.9. The Morgan fingerprint density at radius 1 is 0.886 bits per heavy atom. The van der Waals surface area contributed by atoms with Gasteiger partial charge in [0.05, 0.1) is 24.9 Å². The maximum atomic E-state index is 12.3. The molecule has 0 saturated heterocycles. The first kappa shape index (κ1) is 25.5. The number of nitrogens with one attached hydrogen (secondary N) is 2. The number of amides is 2. The Hall–Kier alpha value is -4.17. The van der Waals surface area contributed by atoms with Gasteiger partial charge in [-0.2, -0.15) is 5.10 Å². The minimum absolute atomic E-state index is 0.237. The van der Waals surface area contributed by atoms with E-state index in [-0.39, 0.29) is 6.54 Å². The monoisotopic (exact) mass is 493 g/mol. The summed E-state index contributed by atoms with van der Waals surface area (Å²) in [5.74, 6) is -0.302. The molecule has 2 N–H and O–H groups in total. The number of hydrogen-bond donors (Lipinski definition) is 2. The van der Waals surface area contributed by atoms with Crippen LogP contribution in [0.25, 0.3) is 0 Å². The zero-order valence-electron chi connectivity index (χ0n) is 19.0. The molecule has 0 aliphatic rings. The van der Waals surface area contributed by atoms with Gasteiger partial charge in [-0.3, -0.25) is 9.59 Å². The Labute approximate surface area is 207 Å². The predicted octanol–water partition coefficient (Wildman–Crippen LogP) is 4.23. The number of halogens is 1. The molecule has 0 spiro atoms. The van der Waals surface area contributed by atoms with Crippen molar-refractivity contribution in [1.29, 1.82) is 0 Å². The van der Waals surface area contributed by atoms with Gasteiger partial charge < -0.3 is 14.8 Å². The van der Waals surface area contributed by atoms with E-state index in [2.05, 4.69) is 15.8 Å². The van der Waals surface area contributed by atoms with Crippen LogP contribution < -0.4 is 20.2 Å². The molecule has 35 heavy (non-hydrogen) atoms.